The SMILES string of the molecule is CC(C)(C)c1ccc(CN(Cc2ccccc2)Cc2ccc(C(=O)NC(Cc3ccccc3)c3ccccc3)o2)cc1. The lowest BCUT2D eigenvalue weighted by atomic mass is 9.87. The number of hydrogen-bond donors (Lipinski definition) is 1. The predicted molar refractivity (Wildman–Crippen MR) is 170 cm³/mol. The second kappa shape index (κ2) is 13.5. The maximum absolute atomic E-state index is 13.4. The first-order chi connectivity index (χ1) is 20.3. The molecule has 0 saturated heterocycles. The molecule has 0 spiro atoms. The van der Waals surface area contributed by atoms with Crippen LogP contribution in [0.5, 0.6) is 0 Å². The van der Waals surface area contributed by atoms with Crippen molar-refractivity contribution in [3.63, 3.8) is 0 Å². The Morgan fingerprint density at radius 3 is 1.81 bits per heavy atom. The van der Waals surface area contributed by atoms with E-state index in [9.17, 15) is 4.79 Å². The summed E-state index contributed by atoms with van der Waals surface area (Å²) in [4.78, 5) is 15.7. The van der Waals surface area contributed by atoms with Crippen molar-refractivity contribution in [3.05, 3.63) is 167 Å². The zero-order chi connectivity index (χ0) is 29.4. The predicted octanol–water partition coefficient (Wildman–Crippen LogP) is 8.49. The Labute approximate surface area is 250 Å². The summed E-state index contributed by atoms with van der Waals surface area (Å²) in [6.45, 7) is 8.84. The van der Waals surface area contributed by atoms with Crippen LogP contribution in [-0.2, 0) is 31.5 Å². The molecule has 4 nitrogen and oxygen atoms in total. The molecule has 0 fully saturated rings. The molecule has 0 aliphatic heterocycles. The van der Waals surface area contributed by atoms with E-state index in [0.29, 0.717) is 18.7 Å². The molecule has 0 saturated carbocycles. The molecule has 0 aliphatic carbocycles. The van der Waals surface area contributed by atoms with Crippen molar-refractivity contribution in [1.82, 2.24) is 10.2 Å². The summed E-state index contributed by atoms with van der Waals surface area (Å²) in [5, 5.41) is 3.22. The molecular weight excluding hydrogens is 516 g/mol. The molecule has 1 amide bonds. The van der Waals surface area contributed by atoms with Crippen molar-refractivity contribution < 1.29 is 9.21 Å². The molecular formula is C38H40N2O2. The first-order valence-corrected chi connectivity index (χ1v) is 14.7. The van der Waals surface area contributed by atoms with Crippen molar-refractivity contribution in [1.29, 1.82) is 0 Å². The molecule has 5 rings (SSSR count). The minimum Gasteiger partial charge on any atom is -0.455 e. The average Bonchev–Trinajstić information content (AvgIpc) is 3.47. The van der Waals surface area contributed by atoms with Crippen LogP contribution in [0.25, 0.3) is 0 Å². The molecule has 214 valence electrons. The van der Waals surface area contributed by atoms with Crippen molar-refractivity contribution in [2.24, 2.45) is 0 Å². The molecule has 0 bridgehead atoms. The van der Waals surface area contributed by atoms with Crippen LogP contribution in [0.3, 0.4) is 0 Å². The van der Waals surface area contributed by atoms with Gasteiger partial charge in [-0.2, -0.15) is 0 Å². The van der Waals surface area contributed by atoms with Crippen LogP contribution in [0.2, 0.25) is 0 Å². The lowest BCUT2D eigenvalue weighted by molar-refractivity contribution is 0.0904. The highest BCUT2D eigenvalue weighted by Gasteiger charge is 2.20. The van der Waals surface area contributed by atoms with Crippen LogP contribution in [0, 0.1) is 0 Å². The van der Waals surface area contributed by atoms with Crippen LogP contribution < -0.4 is 5.32 Å². The van der Waals surface area contributed by atoms with E-state index < -0.39 is 0 Å². The minimum atomic E-state index is -0.210. The van der Waals surface area contributed by atoms with Crippen LogP contribution in [-0.4, -0.2) is 10.8 Å². The topological polar surface area (TPSA) is 45.5 Å². The van der Waals surface area contributed by atoms with Gasteiger partial charge in [0.2, 0.25) is 0 Å². The van der Waals surface area contributed by atoms with Gasteiger partial charge in [-0.05, 0) is 51.8 Å². The standard InChI is InChI=1S/C38H40N2O2/c1-38(2,3)33-21-19-31(20-22-33)27-40(26-30-15-9-5-10-16-30)28-34-23-24-36(42-34)37(41)39-35(32-17-11-6-12-18-32)25-29-13-7-4-8-14-29/h4-24,35H,25-28H2,1-3H3,(H,39,41). The Morgan fingerprint density at radius 1 is 0.667 bits per heavy atom. The third-order valence-electron chi connectivity index (χ3n) is 7.53. The summed E-state index contributed by atoms with van der Waals surface area (Å²) in [6, 6.07) is 43.2. The van der Waals surface area contributed by atoms with Gasteiger partial charge in [-0.15, -0.1) is 0 Å². The number of nitrogens with zero attached hydrogens (tertiary/aromatic N) is 1. The van der Waals surface area contributed by atoms with Gasteiger partial charge in [0.25, 0.3) is 5.91 Å². The Balaban J connectivity index is 1.30. The van der Waals surface area contributed by atoms with E-state index in [-0.39, 0.29) is 17.4 Å². The van der Waals surface area contributed by atoms with Gasteiger partial charge in [0.1, 0.15) is 5.76 Å². The Bertz CT molecular complexity index is 1540. The van der Waals surface area contributed by atoms with Gasteiger partial charge < -0.3 is 9.73 Å². The molecule has 0 radical (unpaired) electrons. The average molecular weight is 557 g/mol. The van der Waals surface area contributed by atoms with Gasteiger partial charge in [-0.3, -0.25) is 9.69 Å². The molecule has 1 unspecified atom stereocenters. The highest BCUT2D eigenvalue weighted by Crippen LogP contribution is 2.24. The quantitative estimate of drug-likeness (QED) is 0.177. The zero-order valence-electron chi connectivity index (χ0n) is 24.8. The Kier molecular flexibility index (Phi) is 9.35. The van der Waals surface area contributed by atoms with Crippen molar-refractivity contribution in [2.45, 2.75) is 58.3 Å². The molecule has 1 N–H and O–H groups in total. The lowest BCUT2D eigenvalue weighted by Gasteiger charge is -2.23. The Morgan fingerprint density at radius 2 is 1.21 bits per heavy atom. The Hall–Kier alpha value is -4.41. The van der Waals surface area contributed by atoms with Gasteiger partial charge >= 0.3 is 0 Å². The number of carbonyl (C=O) groups is 1. The number of furan rings is 1. The number of rotatable bonds is 11. The summed E-state index contributed by atoms with van der Waals surface area (Å²) >= 11 is 0. The number of benzene rings is 4. The summed E-state index contributed by atoms with van der Waals surface area (Å²) in [5.41, 5.74) is 6.15. The summed E-state index contributed by atoms with van der Waals surface area (Å²) in [6.07, 6.45) is 0.697. The van der Waals surface area contributed by atoms with E-state index in [4.69, 9.17) is 4.42 Å². The van der Waals surface area contributed by atoms with Crippen molar-refractivity contribution in [3.8, 4) is 0 Å². The molecule has 4 heteroatoms. The van der Waals surface area contributed by atoms with E-state index in [2.05, 4.69) is 104 Å². The van der Waals surface area contributed by atoms with Gasteiger partial charge in [-0.25, -0.2) is 0 Å². The van der Waals surface area contributed by atoms with Gasteiger partial charge in [-0.1, -0.05) is 136 Å². The number of hydrogen-bond acceptors (Lipinski definition) is 3. The highest BCUT2D eigenvalue weighted by atomic mass is 16.4. The van der Waals surface area contributed by atoms with Crippen molar-refractivity contribution >= 4 is 5.91 Å². The monoisotopic (exact) mass is 556 g/mol. The normalized spacial score (nSPS) is 12.3. The smallest absolute Gasteiger partial charge is 0.287 e. The molecule has 42 heavy (non-hydrogen) atoms. The fourth-order valence-electron chi connectivity index (χ4n) is 5.20. The second-order valence-corrected chi connectivity index (χ2v) is 12.0. The zero-order valence-corrected chi connectivity index (χ0v) is 24.8. The minimum absolute atomic E-state index is 0.119. The van der Waals surface area contributed by atoms with Crippen LogP contribution in [0.4, 0.5) is 0 Å². The maximum atomic E-state index is 13.4. The van der Waals surface area contributed by atoms with Gasteiger partial charge in [0, 0.05) is 13.1 Å². The van der Waals surface area contributed by atoms with Gasteiger partial charge in [0.15, 0.2) is 5.76 Å². The lowest BCUT2D eigenvalue weighted by Crippen LogP contribution is -2.29. The number of amides is 1. The molecule has 1 aromatic heterocycles. The molecule has 0 aliphatic rings. The van der Waals surface area contributed by atoms with E-state index in [1.807, 2.05) is 48.5 Å². The third kappa shape index (κ3) is 8.08. The molecule has 1 heterocycles. The maximum Gasteiger partial charge on any atom is 0.287 e. The third-order valence-corrected chi connectivity index (χ3v) is 7.53. The summed E-state index contributed by atoms with van der Waals surface area (Å²) in [5.74, 6) is 0.883. The van der Waals surface area contributed by atoms with Crippen LogP contribution in [0.15, 0.2) is 132 Å². The van der Waals surface area contributed by atoms with E-state index in [1.54, 1.807) is 6.07 Å². The van der Waals surface area contributed by atoms with E-state index in [1.165, 1.54) is 22.3 Å². The fraction of sp³-hybridized carbons (Fsp3) is 0.237. The highest BCUT2D eigenvalue weighted by molar-refractivity contribution is 5.91. The summed E-state index contributed by atoms with van der Waals surface area (Å²) < 4.78 is 6.15. The van der Waals surface area contributed by atoms with Crippen molar-refractivity contribution in [2.75, 3.05) is 0 Å². The molecule has 5 aromatic rings. The summed E-state index contributed by atoms with van der Waals surface area (Å²) in [7, 11) is 0. The van der Waals surface area contributed by atoms with Crippen LogP contribution in [0.1, 0.15) is 70.9 Å². The number of nitrogens with one attached hydrogen (secondary N) is 1. The first-order valence-electron chi connectivity index (χ1n) is 14.7. The molecule has 4 aromatic carbocycles. The second-order valence-electron chi connectivity index (χ2n) is 12.0. The number of carbonyl (C=O) groups excluding carboxylic acids is 1. The van der Waals surface area contributed by atoms with Gasteiger partial charge in [0.05, 0.1) is 12.6 Å². The first kappa shape index (κ1) is 29.1. The van der Waals surface area contributed by atoms with E-state index in [0.717, 1.165) is 24.4 Å². The fourth-order valence-corrected chi connectivity index (χ4v) is 5.20. The van der Waals surface area contributed by atoms with Crippen LogP contribution >= 0.6 is 0 Å². The largest absolute Gasteiger partial charge is 0.455 e. The van der Waals surface area contributed by atoms with E-state index >= 15 is 0 Å². The molecule has 1 atom stereocenters.